The summed E-state index contributed by atoms with van der Waals surface area (Å²) in [6, 6.07) is 7.54. The second-order valence-electron chi connectivity index (χ2n) is 5.28. The Kier molecular flexibility index (Phi) is 4.40. The fourth-order valence-electron chi connectivity index (χ4n) is 2.67. The maximum Gasteiger partial charge on any atom is 0.276 e. The Labute approximate surface area is 134 Å². The normalized spacial score (nSPS) is 23.2. The molecule has 2 aliphatic heterocycles. The summed E-state index contributed by atoms with van der Waals surface area (Å²) in [6.45, 7) is 1.27. The summed E-state index contributed by atoms with van der Waals surface area (Å²) in [7, 11) is 1.61. The van der Waals surface area contributed by atoms with Crippen LogP contribution in [-0.4, -0.2) is 42.3 Å². The number of carbonyl (C=O) groups excluding carboxylic acids is 1. The van der Waals surface area contributed by atoms with Crippen molar-refractivity contribution in [3.8, 4) is 5.75 Å². The van der Waals surface area contributed by atoms with E-state index in [1.54, 1.807) is 18.1 Å². The number of amides is 1. The van der Waals surface area contributed by atoms with E-state index in [1.165, 1.54) is 0 Å². The van der Waals surface area contributed by atoms with Gasteiger partial charge in [0, 0.05) is 12.2 Å². The molecule has 2 fully saturated rings. The molecule has 1 aromatic carbocycles. The molecule has 0 bridgehead atoms. The Morgan fingerprint density at radius 3 is 3.05 bits per heavy atom. The highest BCUT2D eigenvalue weighted by molar-refractivity contribution is 7.80. The summed E-state index contributed by atoms with van der Waals surface area (Å²) in [5.74, 6) is 0.597. The predicted molar refractivity (Wildman–Crippen MR) is 87.4 cm³/mol. The van der Waals surface area contributed by atoms with Crippen LogP contribution in [-0.2, 0) is 9.53 Å². The second-order valence-corrected chi connectivity index (χ2v) is 5.67. The van der Waals surface area contributed by atoms with E-state index in [9.17, 15) is 4.79 Å². The zero-order valence-electron chi connectivity index (χ0n) is 12.4. The zero-order valence-corrected chi connectivity index (χ0v) is 13.2. The molecule has 22 heavy (non-hydrogen) atoms. The molecule has 3 rings (SSSR count). The first-order valence-corrected chi connectivity index (χ1v) is 7.69. The molecule has 0 radical (unpaired) electrons. The van der Waals surface area contributed by atoms with Gasteiger partial charge in [-0.2, -0.15) is 0 Å². The molecule has 2 saturated heterocycles. The van der Waals surface area contributed by atoms with Gasteiger partial charge in [-0.05, 0) is 37.2 Å². The highest BCUT2D eigenvalue weighted by Gasteiger charge is 2.33. The van der Waals surface area contributed by atoms with Crippen molar-refractivity contribution < 1.29 is 14.3 Å². The Bertz CT molecular complexity index is 624. The van der Waals surface area contributed by atoms with Gasteiger partial charge < -0.3 is 14.8 Å². The van der Waals surface area contributed by atoms with Crippen molar-refractivity contribution in [3.05, 3.63) is 35.5 Å². The topological polar surface area (TPSA) is 50.8 Å². The summed E-state index contributed by atoms with van der Waals surface area (Å²) in [5.41, 5.74) is 1.30. The van der Waals surface area contributed by atoms with E-state index < -0.39 is 0 Å². The van der Waals surface area contributed by atoms with Crippen molar-refractivity contribution in [1.82, 2.24) is 10.2 Å². The third-order valence-electron chi connectivity index (χ3n) is 3.81. The quantitative estimate of drug-likeness (QED) is 0.679. The van der Waals surface area contributed by atoms with Gasteiger partial charge in [-0.15, -0.1) is 0 Å². The highest BCUT2D eigenvalue weighted by atomic mass is 32.1. The molecule has 0 aromatic heterocycles. The fraction of sp³-hybridized carbons (Fsp3) is 0.375. The maximum absolute atomic E-state index is 12.5. The van der Waals surface area contributed by atoms with Crippen LogP contribution in [0, 0.1) is 0 Å². The number of carbonyl (C=O) groups is 1. The Morgan fingerprint density at radius 2 is 2.32 bits per heavy atom. The lowest BCUT2D eigenvalue weighted by atomic mass is 10.1. The van der Waals surface area contributed by atoms with Crippen LogP contribution in [0.3, 0.4) is 0 Å². The van der Waals surface area contributed by atoms with Crippen LogP contribution in [0.4, 0.5) is 0 Å². The summed E-state index contributed by atoms with van der Waals surface area (Å²) in [4.78, 5) is 14.1. The van der Waals surface area contributed by atoms with E-state index in [4.69, 9.17) is 21.7 Å². The number of hydrogen-bond donors (Lipinski definition) is 1. The summed E-state index contributed by atoms with van der Waals surface area (Å²) in [6.07, 6.45) is 3.85. The number of nitrogens with one attached hydrogen (secondary N) is 1. The first-order chi connectivity index (χ1) is 10.7. The Morgan fingerprint density at radius 1 is 1.50 bits per heavy atom. The van der Waals surface area contributed by atoms with E-state index in [1.807, 2.05) is 24.3 Å². The molecule has 0 aliphatic carbocycles. The minimum Gasteiger partial charge on any atom is -0.496 e. The van der Waals surface area contributed by atoms with Gasteiger partial charge in [-0.25, -0.2) is 0 Å². The number of nitrogens with zero attached hydrogens (tertiary/aromatic N) is 1. The molecule has 0 spiro atoms. The number of thiocarbonyl (C=S) groups is 1. The maximum atomic E-state index is 12.5. The van der Waals surface area contributed by atoms with Crippen LogP contribution >= 0.6 is 12.2 Å². The van der Waals surface area contributed by atoms with Crippen LogP contribution < -0.4 is 10.1 Å². The third-order valence-corrected chi connectivity index (χ3v) is 4.13. The van der Waals surface area contributed by atoms with Crippen LogP contribution in [0.1, 0.15) is 18.4 Å². The van der Waals surface area contributed by atoms with Gasteiger partial charge >= 0.3 is 0 Å². The standard InChI is InChI=1S/C16H18N2O3S/c1-20-14-7-3-2-5-11(14)9-13-15(19)18(16(22)17-13)10-12-6-4-8-21-12/h2-3,5,7,9,12H,4,6,8,10H2,1H3,(H,17,22)/b13-9-/t12-/m0/s1. The number of rotatable bonds is 4. The molecule has 1 aromatic rings. The predicted octanol–water partition coefficient (Wildman–Crippen LogP) is 1.93. The van der Waals surface area contributed by atoms with Gasteiger partial charge in [0.15, 0.2) is 5.11 Å². The summed E-state index contributed by atoms with van der Waals surface area (Å²) in [5, 5.41) is 3.42. The van der Waals surface area contributed by atoms with Crippen LogP contribution in [0.25, 0.3) is 6.08 Å². The van der Waals surface area contributed by atoms with Crippen LogP contribution in [0.15, 0.2) is 30.0 Å². The molecule has 6 heteroatoms. The lowest BCUT2D eigenvalue weighted by Gasteiger charge is -2.18. The largest absolute Gasteiger partial charge is 0.496 e. The van der Waals surface area contributed by atoms with Gasteiger partial charge in [0.25, 0.3) is 5.91 Å². The van der Waals surface area contributed by atoms with E-state index in [-0.39, 0.29) is 12.0 Å². The Balaban J connectivity index is 1.79. The lowest BCUT2D eigenvalue weighted by Crippen LogP contribution is -2.37. The van der Waals surface area contributed by atoms with Crippen molar-refractivity contribution in [2.75, 3.05) is 20.3 Å². The molecule has 2 aliphatic rings. The van der Waals surface area contributed by atoms with Crippen molar-refractivity contribution in [2.45, 2.75) is 18.9 Å². The monoisotopic (exact) mass is 318 g/mol. The van der Waals surface area contributed by atoms with E-state index in [0.717, 1.165) is 25.0 Å². The number of benzene rings is 1. The fourth-order valence-corrected chi connectivity index (χ4v) is 2.94. The van der Waals surface area contributed by atoms with E-state index in [2.05, 4.69) is 5.32 Å². The van der Waals surface area contributed by atoms with E-state index in [0.29, 0.717) is 23.1 Å². The summed E-state index contributed by atoms with van der Waals surface area (Å²) < 4.78 is 10.9. The number of ether oxygens (including phenoxy) is 2. The van der Waals surface area contributed by atoms with Crippen LogP contribution in [0.5, 0.6) is 5.75 Å². The lowest BCUT2D eigenvalue weighted by molar-refractivity contribution is -0.123. The molecule has 1 amide bonds. The molecule has 2 heterocycles. The first-order valence-electron chi connectivity index (χ1n) is 7.28. The van der Waals surface area contributed by atoms with Crippen molar-refractivity contribution in [2.24, 2.45) is 0 Å². The van der Waals surface area contributed by atoms with E-state index >= 15 is 0 Å². The van der Waals surface area contributed by atoms with Crippen molar-refractivity contribution in [1.29, 1.82) is 0 Å². The molecule has 5 nitrogen and oxygen atoms in total. The van der Waals surface area contributed by atoms with Crippen molar-refractivity contribution in [3.63, 3.8) is 0 Å². The Hall–Kier alpha value is -1.92. The molecule has 0 unspecified atom stereocenters. The number of methoxy groups -OCH3 is 1. The smallest absolute Gasteiger partial charge is 0.276 e. The molecule has 116 valence electrons. The van der Waals surface area contributed by atoms with Crippen LogP contribution in [0.2, 0.25) is 0 Å². The molecule has 0 saturated carbocycles. The minimum absolute atomic E-state index is 0.0781. The SMILES string of the molecule is COc1ccccc1/C=C1\NC(=S)N(C[C@@H]2CCCO2)C1=O. The average molecular weight is 318 g/mol. The van der Waals surface area contributed by atoms with Gasteiger partial charge in [0.1, 0.15) is 11.4 Å². The second kappa shape index (κ2) is 6.46. The minimum atomic E-state index is -0.119. The highest BCUT2D eigenvalue weighted by Crippen LogP contribution is 2.23. The zero-order chi connectivity index (χ0) is 15.5. The molecular formula is C16H18N2O3S. The first kappa shape index (κ1) is 15.0. The van der Waals surface area contributed by atoms with Gasteiger partial charge in [-0.3, -0.25) is 9.69 Å². The number of hydrogen-bond acceptors (Lipinski definition) is 4. The molecule has 1 atom stereocenters. The van der Waals surface area contributed by atoms with Gasteiger partial charge in [0.2, 0.25) is 0 Å². The molecule has 1 N–H and O–H groups in total. The van der Waals surface area contributed by atoms with Gasteiger partial charge in [-0.1, -0.05) is 18.2 Å². The summed E-state index contributed by atoms with van der Waals surface area (Å²) >= 11 is 5.27. The third kappa shape index (κ3) is 2.98. The number of para-hydroxylation sites is 1. The molecular weight excluding hydrogens is 300 g/mol. The average Bonchev–Trinajstić information content (AvgIpc) is 3.12. The van der Waals surface area contributed by atoms with Crippen molar-refractivity contribution >= 4 is 29.3 Å². The van der Waals surface area contributed by atoms with Gasteiger partial charge in [0.05, 0.1) is 19.8 Å².